The van der Waals surface area contributed by atoms with E-state index in [1.807, 2.05) is 0 Å². The van der Waals surface area contributed by atoms with Crippen LogP contribution in [0.4, 0.5) is 0 Å². The lowest BCUT2D eigenvalue weighted by atomic mass is 10.1. The lowest BCUT2D eigenvalue weighted by molar-refractivity contribution is -0.132. The summed E-state index contributed by atoms with van der Waals surface area (Å²) in [5.41, 5.74) is 0. The first-order chi connectivity index (χ1) is 5.00. The fourth-order valence-corrected chi connectivity index (χ4v) is 0.568. The fourth-order valence-electron chi connectivity index (χ4n) is 0.568. The van der Waals surface area contributed by atoms with Gasteiger partial charge in [-0.3, -0.25) is 0 Å². The number of hydrogen-bond acceptors (Lipinski definition) is 5. The first-order valence-corrected chi connectivity index (χ1v) is 3.18. The number of aliphatic hydroxyl groups excluding tert-OH is 4. The van der Waals surface area contributed by atoms with Crippen LogP contribution < -0.4 is 0 Å². The van der Waals surface area contributed by atoms with Crippen molar-refractivity contribution in [2.75, 3.05) is 0 Å². The monoisotopic (exact) mass is 164 g/mol. The molecule has 0 aliphatic heterocycles. The molecule has 0 spiro atoms. The Kier molecular flexibility index (Phi) is 4.20. The molecule has 0 radical (unpaired) electrons. The van der Waals surface area contributed by atoms with Crippen molar-refractivity contribution in [1.82, 2.24) is 0 Å². The van der Waals surface area contributed by atoms with E-state index in [0.717, 1.165) is 0 Å². The third kappa shape index (κ3) is 2.94. The van der Waals surface area contributed by atoms with E-state index in [4.69, 9.17) is 20.4 Å². The first-order valence-electron chi connectivity index (χ1n) is 3.18. The summed E-state index contributed by atoms with van der Waals surface area (Å²) in [5.74, 6) is 0. The summed E-state index contributed by atoms with van der Waals surface area (Å²) in [6, 6.07) is 0. The van der Waals surface area contributed by atoms with Crippen LogP contribution in [-0.2, 0) is 4.79 Å². The topological polar surface area (TPSA) is 98.0 Å². The van der Waals surface area contributed by atoms with Crippen molar-refractivity contribution in [3.8, 4) is 0 Å². The van der Waals surface area contributed by atoms with E-state index >= 15 is 0 Å². The molecule has 0 rings (SSSR count). The second kappa shape index (κ2) is 4.40. The predicted octanol–water partition coefficient (Wildman–Crippen LogP) is -2.35. The third-order valence-electron chi connectivity index (χ3n) is 1.33. The number of rotatable bonds is 4. The van der Waals surface area contributed by atoms with Gasteiger partial charge in [0, 0.05) is 0 Å². The Balaban J connectivity index is 4.00. The van der Waals surface area contributed by atoms with Gasteiger partial charge < -0.3 is 25.2 Å². The van der Waals surface area contributed by atoms with E-state index in [1.54, 1.807) is 0 Å². The maximum absolute atomic E-state index is 9.87. The summed E-state index contributed by atoms with van der Waals surface area (Å²) in [7, 11) is 0. The predicted molar refractivity (Wildman–Crippen MR) is 35.8 cm³/mol. The van der Waals surface area contributed by atoms with Crippen LogP contribution >= 0.6 is 0 Å². The molecule has 0 aromatic rings. The number of hydrogen-bond donors (Lipinski definition) is 4. The Morgan fingerprint density at radius 2 is 1.55 bits per heavy atom. The highest BCUT2D eigenvalue weighted by atomic mass is 16.4. The Morgan fingerprint density at radius 1 is 1.09 bits per heavy atom. The average Bonchev–Trinajstić information content (AvgIpc) is 2.00. The Bertz CT molecular complexity index is 124. The number of aliphatic hydroxyl groups is 4. The van der Waals surface area contributed by atoms with Crippen molar-refractivity contribution in [3.05, 3.63) is 0 Å². The maximum Gasteiger partial charge on any atom is 0.151 e. The van der Waals surface area contributed by atoms with E-state index < -0.39 is 24.4 Å². The molecular formula is C6H12O5. The largest absolute Gasteiger partial charge is 0.391 e. The van der Waals surface area contributed by atoms with Crippen molar-refractivity contribution >= 4 is 6.29 Å². The zero-order chi connectivity index (χ0) is 9.02. The van der Waals surface area contributed by atoms with Crippen LogP contribution in [0, 0.1) is 0 Å². The second-order valence-electron chi connectivity index (χ2n) is 2.35. The molecule has 4 N–H and O–H groups in total. The lowest BCUT2D eigenvalue weighted by Crippen LogP contribution is -2.43. The van der Waals surface area contributed by atoms with Crippen molar-refractivity contribution < 1.29 is 25.2 Å². The van der Waals surface area contributed by atoms with Crippen molar-refractivity contribution in [2.45, 2.75) is 31.3 Å². The fraction of sp³-hybridized carbons (Fsp3) is 0.833. The molecule has 66 valence electrons. The van der Waals surface area contributed by atoms with Crippen LogP contribution in [0.3, 0.4) is 0 Å². The van der Waals surface area contributed by atoms with Gasteiger partial charge in [0.1, 0.15) is 18.3 Å². The highest BCUT2D eigenvalue weighted by Crippen LogP contribution is 2.02. The summed E-state index contributed by atoms with van der Waals surface area (Å²) in [6.45, 7) is 1.24. The van der Waals surface area contributed by atoms with Gasteiger partial charge in [0.2, 0.25) is 0 Å². The summed E-state index contributed by atoms with van der Waals surface area (Å²) in [6.07, 6.45) is -5.88. The summed E-state index contributed by atoms with van der Waals surface area (Å²) in [4.78, 5) is 9.87. The van der Waals surface area contributed by atoms with Gasteiger partial charge in [0.15, 0.2) is 6.29 Å². The first kappa shape index (κ1) is 10.5. The van der Waals surface area contributed by atoms with E-state index in [2.05, 4.69) is 0 Å². The normalized spacial score (nSPS) is 21.9. The van der Waals surface area contributed by atoms with Gasteiger partial charge in [-0.1, -0.05) is 0 Å². The van der Waals surface area contributed by atoms with E-state index in [0.29, 0.717) is 0 Å². The lowest BCUT2D eigenvalue weighted by Gasteiger charge is -2.21. The molecule has 0 bridgehead atoms. The second-order valence-corrected chi connectivity index (χ2v) is 2.35. The molecule has 0 fully saturated rings. The van der Waals surface area contributed by atoms with Gasteiger partial charge >= 0.3 is 0 Å². The van der Waals surface area contributed by atoms with Gasteiger partial charge in [-0.05, 0) is 6.92 Å². The molecule has 0 aromatic carbocycles. The Hall–Kier alpha value is -0.490. The zero-order valence-corrected chi connectivity index (χ0v) is 6.08. The molecule has 11 heavy (non-hydrogen) atoms. The molecule has 0 saturated heterocycles. The van der Waals surface area contributed by atoms with Crippen LogP contribution in [0.25, 0.3) is 0 Å². The molecule has 0 aliphatic carbocycles. The molecule has 0 amide bonds. The molecule has 5 heteroatoms. The molecule has 4 atom stereocenters. The minimum absolute atomic E-state index is 0.0935. The minimum atomic E-state index is -1.65. The average molecular weight is 164 g/mol. The SMILES string of the molecule is C[C@@H](O)[C@H](O)[C@H](O)[C@H](O)C=O. The van der Waals surface area contributed by atoms with E-state index in [1.165, 1.54) is 6.92 Å². The quantitative estimate of drug-likeness (QED) is 0.349. The molecule has 5 nitrogen and oxygen atoms in total. The summed E-state index contributed by atoms with van der Waals surface area (Å²) >= 11 is 0. The zero-order valence-electron chi connectivity index (χ0n) is 6.08. The van der Waals surface area contributed by atoms with Gasteiger partial charge in [0.05, 0.1) is 6.10 Å². The van der Waals surface area contributed by atoms with Crippen molar-refractivity contribution in [1.29, 1.82) is 0 Å². The van der Waals surface area contributed by atoms with Crippen LogP contribution in [0.5, 0.6) is 0 Å². The molecule has 0 aromatic heterocycles. The Morgan fingerprint density at radius 3 is 1.82 bits per heavy atom. The van der Waals surface area contributed by atoms with E-state index in [-0.39, 0.29) is 6.29 Å². The third-order valence-corrected chi connectivity index (χ3v) is 1.33. The standard InChI is InChI=1S/C6H12O5/c1-3(8)5(10)6(11)4(9)2-7/h2-6,8-11H,1H3/t3-,4-,5+,6-/m1/s1. The van der Waals surface area contributed by atoms with Crippen LogP contribution in [-0.4, -0.2) is 51.1 Å². The van der Waals surface area contributed by atoms with Gasteiger partial charge in [0.25, 0.3) is 0 Å². The van der Waals surface area contributed by atoms with Gasteiger partial charge in [-0.2, -0.15) is 0 Å². The summed E-state index contributed by atoms with van der Waals surface area (Å²) < 4.78 is 0. The highest BCUT2D eigenvalue weighted by Gasteiger charge is 2.27. The minimum Gasteiger partial charge on any atom is -0.391 e. The van der Waals surface area contributed by atoms with Gasteiger partial charge in [-0.25, -0.2) is 0 Å². The molecular weight excluding hydrogens is 152 g/mol. The van der Waals surface area contributed by atoms with Crippen LogP contribution in [0.2, 0.25) is 0 Å². The van der Waals surface area contributed by atoms with Crippen LogP contribution in [0.1, 0.15) is 6.92 Å². The van der Waals surface area contributed by atoms with Crippen molar-refractivity contribution in [2.24, 2.45) is 0 Å². The van der Waals surface area contributed by atoms with Gasteiger partial charge in [-0.15, -0.1) is 0 Å². The van der Waals surface area contributed by atoms with Crippen LogP contribution in [0.15, 0.2) is 0 Å². The molecule has 0 aliphatic rings. The number of aldehydes is 1. The molecule has 0 saturated carbocycles. The Labute approximate surface area is 63.9 Å². The maximum atomic E-state index is 9.87. The highest BCUT2D eigenvalue weighted by molar-refractivity contribution is 5.56. The molecule has 0 heterocycles. The number of carbonyl (C=O) groups is 1. The molecule has 0 unspecified atom stereocenters. The number of carbonyl (C=O) groups excluding carboxylic acids is 1. The van der Waals surface area contributed by atoms with E-state index in [9.17, 15) is 4.79 Å². The summed E-state index contributed by atoms with van der Waals surface area (Å²) in [5, 5.41) is 35.1. The smallest absolute Gasteiger partial charge is 0.151 e. The van der Waals surface area contributed by atoms with Crippen molar-refractivity contribution in [3.63, 3.8) is 0 Å².